The van der Waals surface area contributed by atoms with Crippen molar-refractivity contribution in [3.8, 4) is 6.07 Å². The number of hydrogen-bond donors (Lipinski definition) is 0. The van der Waals surface area contributed by atoms with E-state index in [1.165, 1.54) is 11.1 Å². The van der Waals surface area contributed by atoms with Gasteiger partial charge in [-0.05, 0) is 18.6 Å². The van der Waals surface area contributed by atoms with Gasteiger partial charge in [-0.25, -0.2) is 4.98 Å². The Labute approximate surface area is 99.5 Å². The van der Waals surface area contributed by atoms with Crippen LogP contribution in [0.1, 0.15) is 23.8 Å². The molecule has 1 amide bonds. The summed E-state index contributed by atoms with van der Waals surface area (Å²) in [5, 5.41) is 9.10. The second-order valence-electron chi connectivity index (χ2n) is 3.25. The first kappa shape index (κ1) is 12.5. The van der Waals surface area contributed by atoms with E-state index in [2.05, 4.69) is 4.98 Å². The van der Waals surface area contributed by atoms with Crippen molar-refractivity contribution in [3.63, 3.8) is 0 Å². The van der Waals surface area contributed by atoms with E-state index in [-0.39, 0.29) is 12.5 Å². The number of nitrogens with zero attached hydrogens (tertiary/aromatic N) is 3. The zero-order chi connectivity index (χ0) is 12.0. The molecule has 1 rings (SSSR count). The largest absolute Gasteiger partial charge is 0.324 e. The molecule has 0 spiro atoms. The fraction of sp³-hybridized carbons (Fsp3) is 0.364. The van der Waals surface area contributed by atoms with E-state index >= 15 is 0 Å². The van der Waals surface area contributed by atoms with Gasteiger partial charge < -0.3 is 4.90 Å². The highest BCUT2D eigenvalue weighted by molar-refractivity contribution is 6.30. The third-order valence-electron chi connectivity index (χ3n) is 1.99. The number of nitriles is 1. The lowest BCUT2D eigenvalue weighted by Crippen LogP contribution is -2.32. The van der Waals surface area contributed by atoms with Gasteiger partial charge in [0.25, 0.3) is 5.91 Å². The number of aromatic nitrogens is 1. The predicted octanol–water partition coefficient (Wildman–Crippen LogP) is 2.11. The molecule has 0 atom stereocenters. The summed E-state index contributed by atoms with van der Waals surface area (Å²) in [6.45, 7) is 2.58. The molecular weight excluding hydrogens is 226 g/mol. The number of rotatable bonds is 4. The van der Waals surface area contributed by atoms with Gasteiger partial charge in [0.2, 0.25) is 0 Å². The van der Waals surface area contributed by atoms with Crippen LogP contribution < -0.4 is 0 Å². The third kappa shape index (κ3) is 3.21. The lowest BCUT2D eigenvalue weighted by Gasteiger charge is -2.17. The quantitative estimate of drug-likeness (QED) is 0.754. The molecule has 0 aliphatic carbocycles. The molecule has 84 valence electrons. The van der Waals surface area contributed by atoms with Gasteiger partial charge in [-0.3, -0.25) is 4.79 Å². The van der Waals surface area contributed by atoms with Crippen molar-refractivity contribution in [2.45, 2.75) is 13.3 Å². The van der Waals surface area contributed by atoms with Crippen LogP contribution in [0.15, 0.2) is 18.3 Å². The van der Waals surface area contributed by atoms with E-state index in [9.17, 15) is 4.79 Å². The van der Waals surface area contributed by atoms with E-state index in [4.69, 9.17) is 16.9 Å². The summed E-state index contributed by atoms with van der Waals surface area (Å²) in [6, 6.07) is 5.14. The van der Waals surface area contributed by atoms with Gasteiger partial charge in [0.15, 0.2) is 0 Å². The van der Waals surface area contributed by atoms with Crippen LogP contribution in [0.2, 0.25) is 5.02 Å². The molecule has 0 aromatic carbocycles. The number of amides is 1. The molecule has 0 radical (unpaired) electrons. The van der Waals surface area contributed by atoms with Crippen molar-refractivity contribution in [1.29, 1.82) is 5.26 Å². The fourth-order valence-electron chi connectivity index (χ4n) is 1.27. The van der Waals surface area contributed by atoms with Crippen molar-refractivity contribution in [2.24, 2.45) is 0 Å². The molecule has 0 saturated heterocycles. The second-order valence-corrected chi connectivity index (χ2v) is 3.68. The van der Waals surface area contributed by atoms with Crippen molar-refractivity contribution < 1.29 is 4.79 Å². The Hall–Kier alpha value is -1.60. The summed E-state index contributed by atoms with van der Waals surface area (Å²) in [5.41, 5.74) is 0.313. The number of carbonyl (C=O) groups excluding carboxylic acids is 1. The SMILES string of the molecule is CCCN(CC#N)C(=O)c1ccc(Cl)cn1. The van der Waals surface area contributed by atoms with Crippen LogP contribution in [-0.2, 0) is 0 Å². The van der Waals surface area contributed by atoms with Gasteiger partial charge in [0, 0.05) is 12.7 Å². The topological polar surface area (TPSA) is 57.0 Å². The number of pyridine rings is 1. The lowest BCUT2D eigenvalue weighted by molar-refractivity contribution is 0.0770. The molecule has 5 heteroatoms. The fourth-order valence-corrected chi connectivity index (χ4v) is 1.38. The summed E-state index contributed by atoms with van der Waals surface area (Å²) < 4.78 is 0. The maximum Gasteiger partial charge on any atom is 0.273 e. The summed E-state index contributed by atoms with van der Waals surface area (Å²) in [7, 11) is 0. The first-order valence-electron chi connectivity index (χ1n) is 4.96. The van der Waals surface area contributed by atoms with E-state index in [1.807, 2.05) is 13.0 Å². The monoisotopic (exact) mass is 237 g/mol. The summed E-state index contributed by atoms with van der Waals surface area (Å²) in [4.78, 5) is 17.3. The Morgan fingerprint density at radius 2 is 2.38 bits per heavy atom. The van der Waals surface area contributed by atoms with Gasteiger partial charge in [-0.1, -0.05) is 18.5 Å². The van der Waals surface area contributed by atoms with Crippen molar-refractivity contribution in [2.75, 3.05) is 13.1 Å². The van der Waals surface area contributed by atoms with Gasteiger partial charge in [0.1, 0.15) is 12.2 Å². The highest BCUT2D eigenvalue weighted by Crippen LogP contribution is 2.08. The Bertz CT molecular complexity index is 397. The van der Waals surface area contributed by atoms with Gasteiger partial charge in [-0.15, -0.1) is 0 Å². The van der Waals surface area contributed by atoms with E-state index in [0.717, 1.165) is 6.42 Å². The van der Waals surface area contributed by atoms with Crippen LogP contribution in [-0.4, -0.2) is 28.9 Å². The smallest absolute Gasteiger partial charge is 0.273 e. The van der Waals surface area contributed by atoms with Crippen LogP contribution in [0.4, 0.5) is 0 Å². The third-order valence-corrected chi connectivity index (χ3v) is 2.21. The number of carbonyl (C=O) groups is 1. The molecule has 16 heavy (non-hydrogen) atoms. The first-order chi connectivity index (χ1) is 7.69. The zero-order valence-corrected chi connectivity index (χ0v) is 9.74. The first-order valence-corrected chi connectivity index (χ1v) is 5.34. The minimum atomic E-state index is -0.236. The minimum absolute atomic E-state index is 0.0803. The molecule has 0 fully saturated rings. The van der Waals surface area contributed by atoms with Crippen molar-refractivity contribution >= 4 is 17.5 Å². The van der Waals surface area contributed by atoms with Crippen molar-refractivity contribution in [1.82, 2.24) is 9.88 Å². The maximum atomic E-state index is 11.9. The average molecular weight is 238 g/mol. The molecule has 0 aliphatic rings. The molecule has 0 bridgehead atoms. The summed E-state index contributed by atoms with van der Waals surface area (Å²) >= 11 is 5.68. The van der Waals surface area contributed by atoms with E-state index < -0.39 is 0 Å². The predicted molar refractivity (Wildman–Crippen MR) is 61.1 cm³/mol. The molecular formula is C11H12ClN3O. The van der Waals surface area contributed by atoms with Crippen LogP contribution >= 0.6 is 11.6 Å². The van der Waals surface area contributed by atoms with E-state index in [1.54, 1.807) is 12.1 Å². The Morgan fingerprint density at radius 3 is 2.88 bits per heavy atom. The van der Waals surface area contributed by atoms with Crippen molar-refractivity contribution in [3.05, 3.63) is 29.0 Å². The average Bonchev–Trinajstić information content (AvgIpc) is 2.29. The molecule has 1 aromatic rings. The van der Waals surface area contributed by atoms with E-state index in [0.29, 0.717) is 17.3 Å². The van der Waals surface area contributed by atoms with Crippen LogP contribution in [0.25, 0.3) is 0 Å². The standard InChI is InChI=1S/C11H12ClN3O/c1-2-6-15(7-5-13)11(16)10-4-3-9(12)8-14-10/h3-4,8H,2,6-7H2,1H3. The molecule has 0 saturated carbocycles. The molecule has 0 aliphatic heterocycles. The van der Waals surface area contributed by atoms with Crippen LogP contribution in [0.3, 0.4) is 0 Å². The summed E-state index contributed by atoms with van der Waals surface area (Å²) in [6.07, 6.45) is 2.23. The molecule has 0 unspecified atom stereocenters. The van der Waals surface area contributed by atoms with Crippen LogP contribution in [0, 0.1) is 11.3 Å². The van der Waals surface area contributed by atoms with Gasteiger partial charge in [-0.2, -0.15) is 5.26 Å². The lowest BCUT2D eigenvalue weighted by atomic mass is 10.3. The molecule has 4 nitrogen and oxygen atoms in total. The van der Waals surface area contributed by atoms with Crippen LogP contribution in [0.5, 0.6) is 0 Å². The number of halogens is 1. The molecule has 1 heterocycles. The summed E-state index contributed by atoms with van der Waals surface area (Å²) in [5.74, 6) is -0.236. The Balaban J connectivity index is 2.82. The second kappa shape index (κ2) is 6.09. The highest BCUT2D eigenvalue weighted by atomic mass is 35.5. The Morgan fingerprint density at radius 1 is 1.62 bits per heavy atom. The van der Waals surface area contributed by atoms with Gasteiger partial charge in [0.05, 0.1) is 11.1 Å². The minimum Gasteiger partial charge on any atom is -0.324 e. The Kier molecular flexibility index (Phi) is 4.74. The van der Waals surface area contributed by atoms with Gasteiger partial charge >= 0.3 is 0 Å². The maximum absolute atomic E-state index is 11.9. The zero-order valence-electron chi connectivity index (χ0n) is 8.98. The molecule has 0 N–H and O–H groups in total. The molecule has 1 aromatic heterocycles. The normalized spacial score (nSPS) is 9.56. The highest BCUT2D eigenvalue weighted by Gasteiger charge is 2.15. The number of hydrogen-bond acceptors (Lipinski definition) is 3.